The molecule has 2 saturated heterocycles. The Morgan fingerprint density at radius 2 is 1.85 bits per heavy atom. The number of halogens is 1. The predicted molar refractivity (Wildman–Crippen MR) is 85.4 cm³/mol. The highest BCUT2D eigenvalue weighted by Crippen LogP contribution is 2.14. The number of likely N-dealkylation sites (tertiary alicyclic amines) is 1. The fraction of sp³-hybridized carbons (Fsp3) is 0.933. The van der Waals surface area contributed by atoms with Gasteiger partial charge in [0, 0.05) is 19.1 Å². The molecule has 2 aliphatic heterocycles. The van der Waals surface area contributed by atoms with Crippen molar-refractivity contribution in [3.63, 3.8) is 0 Å². The molecule has 0 radical (unpaired) electrons. The first-order valence-electron chi connectivity index (χ1n) is 8.04. The van der Waals surface area contributed by atoms with Crippen molar-refractivity contribution in [3.8, 4) is 0 Å². The molecule has 4 nitrogen and oxygen atoms in total. The monoisotopic (exact) mass is 303 g/mol. The van der Waals surface area contributed by atoms with E-state index >= 15 is 0 Å². The average molecular weight is 304 g/mol. The maximum atomic E-state index is 12.4. The van der Waals surface area contributed by atoms with E-state index in [1.165, 1.54) is 32.1 Å². The third-order valence-electron chi connectivity index (χ3n) is 4.38. The lowest BCUT2D eigenvalue weighted by molar-refractivity contribution is -0.134. The average Bonchev–Trinajstić information content (AvgIpc) is 2.48. The van der Waals surface area contributed by atoms with Crippen LogP contribution in [0.4, 0.5) is 0 Å². The van der Waals surface area contributed by atoms with Gasteiger partial charge in [-0.1, -0.05) is 6.92 Å². The minimum absolute atomic E-state index is 0. The van der Waals surface area contributed by atoms with Crippen LogP contribution in [0.2, 0.25) is 0 Å². The number of amides is 1. The van der Waals surface area contributed by atoms with Crippen LogP contribution < -0.4 is 5.32 Å². The van der Waals surface area contributed by atoms with E-state index in [9.17, 15) is 4.79 Å². The van der Waals surface area contributed by atoms with Crippen molar-refractivity contribution in [2.45, 2.75) is 51.5 Å². The zero-order valence-corrected chi connectivity index (χ0v) is 13.6. The normalized spacial score (nSPS) is 20.8. The number of hydrogen-bond acceptors (Lipinski definition) is 3. The summed E-state index contributed by atoms with van der Waals surface area (Å²) in [4.78, 5) is 16.9. The molecule has 0 spiro atoms. The van der Waals surface area contributed by atoms with E-state index in [2.05, 4.69) is 22.0 Å². The zero-order valence-electron chi connectivity index (χ0n) is 12.8. The van der Waals surface area contributed by atoms with Crippen LogP contribution in [0.1, 0.15) is 45.4 Å². The third kappa shape index (κ3) is 5.23. The molecule has 0 aromatic rings. The second-order valence-electron chi connectivity index (χ2n) is 5.89. The zero-order chi connectivity index (χ0) is 13.5. The largest absolute Gasteiger partial charge is 0.342 e. The van der Waals surface area contributed by atoms with Crippen molar-refractivity contribution in [1.29, 1.82) is 0 Å². The molecule has 5 heteroatoms. The summed E-state index contributed by atoms with van der Waals surface area (Å²) in [6.45, 7) is 8.06. The van der Waals surface area contributed by atoms with E-state index in [0.29, 0.717) is 18.5 Å². The molecule has 0 aromatic heterocycles. The first-order valence-corrected chi connectivity index (χ1v) is 8.04. The number of nitrogens with zero attached hydrogens (tertiary/aromatic N) is 2. The molecule has 0 bridgehead atoms. The summed E-state index contributed by atoms with van der Waals surface area (Å²) < 4.78 is 0. The highest BCUT2D eigenvalue weighted by Gasteiger charge is 2.25. The lowest BCUT2D eigenvalue weighted by atomic mass is 10.0. The second kappa shape index (κ2) is 9.59. The highest BCUT2D eigenvalue weighted by molar-refractivity contribution is 5.85. The summed E-state index contributed by atoms with van der Waals surface area (Å²) >= 11 is 0. The van der Waals surface area contributed by atoms with Gasteiger partial charge < -0.3 is 10.2 Å². The maximum Gasteiger partial charge on any atom is 0.236 e. The lowest BCUT2D eigenvalue weighted by Gasteiger charge is -2.36. The van der Waals surface area contributed by atoms with Crippen LogP contribution in [0, 0.1) is 0 Å². The molecular formula is C15H30ClN3O. The van der Waals surface area contributed by atoms with Gasteiger partial charge in [-0.2, -0.15) is 0 Å². The fourth-order valence-corrected chi connectivity index (χ4v) is 3.27. The fourth-order valence-electron chi connectivity index (χ4n) is 3.27. The summed E-state index contributed by atoms with van der Waals surface area (Å²) in [5.74, 6) is 0.353. The third-order valence-corrected chi connectivity index (χ3v) is 4.38. The molecule has 1 amide bonds. The Labute approximate surface area is 129 Å². The van der Waals surface area contributed by atoms with Crippen LogP contribution in [0.3, 0.4) is 0 Å². The molecule has 118 valence electrons. The van der Waals surface area contributed by atoms with Crippen molar-refractivity contribution < 1.29 is 4.79 Å². The number of nitrogens with one attached hydrogen (secondary N) is 1. The summed E-state index contributed by atoms with van der Waals surface area (Å²) in [5.41, 5.74) is 0. The van der Waals surface area contributed by atoms with Gasteiger partial charge in [0.15, 0.2) is 0 Å². The quantitative estimate of drug-likeness (QED) is 0.842. The van der Waals surface area contributed by atoms with Gasteiger partial charge in [0.25, 0.3) is 0 Å². The smallest absolute Gasteiger partial charge is 0.236 e. The molecular weight excluding hydrogens is 274 g/mol. The minimum atomic E-state index is 0. The molecule has 0 atom stereocenters. The topological polar surface area (TPSA) is 35.6 Å². The number of carbonyl (C=O) groups is 1. The molecule has 0 aliphatic carbocycles. The Kier molecular flexibility index (Phi) is 8.50. The summed E-state index contributed by atoms with van der Waals surface area (Å²) in [5, 5.41) is 3.41. The van der Waals surface area contributed by atoms with Gasteiger partial charge in [0.05, 0.1) is 6.54 Å². The summed E-state index contributed by atoms with van der Waals surface area (Å²) in [7, 11) is 0. The van der Waals surface area contributed by atoms with E-state index in [1.807, 2.05) is 0 Å². The molecule has 0 aromatic carbocycles. The molecule has 2 aliphatic rings. The van der Waals surface area contributed by atoms with E-state index in [4.69, 9.17) is 0 Å². The SMILES string of the molecule is CCCN(CC(=O)N1CCCCC1)C1CCNCC1.Cl. The highest BCUT2D eigenvalue weighted by atomic mass is 35.5. The van der Waals surface area contributed by atoms with Gasteiger partial charge in [-0.05, 0) is 58.2 Å². The number of carbonyl (C=O) groups excluding carboxylic acids is 1. The van der Waals surface area contributed by atoms with Crippen LogP contribution in [0.15, 0.2) is 0 Å². The van der Waals surface area contributed by atoms with Crippen LogP contribution in [0.5, 0.6) is 0 Å². The van der Waals surface area contributed by atoms with Crippen molar-refractivity contribution >= 4 is 18.3 Å². The Hall–Kier alpha value is -0.320. The first kappa shape index (κ1) is 17.7. The molecule has 20 heavy (non-hydrogen) atoms. The molecule has 2 heterocycles. The van der Waals surface area contributed by atoms with Gasteiger partial charge in [-0.25, -0.2) is 0 Å². The van der Waals surface area contributed by atoms with Gasteiger partial charge in [0.1, 0.15) is 0 Å². The van der Waals surface area contributed by atoms with Crippen LogP contribution in [-0.4, -0.2) is 61.0 Å². The van der Waals surface area contributed by atoms with Crippen molar-refractivity contribution in [1.82, 2.24) is 15.1 Å². The Balaban J connectivity index is 0.00000200. The first-order chi connectivity index (χ1) is 9.31. The van der Waals surface area contributed by atoms with E-state index in [-0.39, 0.29) is 12.4 Å². The Bertz CT molecular complexity index is 276. The van der Waals surface area contributed by atoms with Crippen LogP contribution in [-0.2, 0) is 4.79 Å². The molecule has 2 fully saturated rings. The molecule has 0 unspecified atom stereocenters. The minimum Gasteiger partial charge on any atom is -0.342 e. The number of rotatable bonds is 5. The van der Waals surface area contributed by atoms with Crippen LogP contribution in [0.25, 0.3) is 0 Å². The second-order valence-corrected chi connectivity index (χ2v) is 5.89. The Morgan fingerprint density at radius 1 is 1.20 bits per heavy atom. The maximum absolute atomic E-state index is 12.4. The lowest BCUT2D eigenvalue weighted by Crippen LogP contribution is -2.49. The van der Waals surface area contributed by atoms with Gasteiger partial charge in [0.2, 0.25) is 5.91 Å². The van der Waals surface area contributed by atoms with Crippen molar-refractivity contribution in [2.75, 3.05) is 39.3 Å². The van der Waals surface area contributed by atoms with Gasteiger partial charge in [-0.15, -0.1) is 12.4 Å². The molecule has 1 N–H and O–H groups in total. The molecule has 0 saturated carbocycles. The van der Waals surface area contributed by atoms with Gasteiger partial charge in [-0.3, -0.25) is 9.69 Å². The Morgan fingerprint density at radius 3 is 2.45 bits per heavy atom. The van der Waals surface area contributed by atoms with Crippen LogP contribution >= 0.6 is 12.4 Å². The van der Waals surface area contributed by atoms with E-state index < -0.39 is 0 Å². The number of piperidine rings is 2. The summed E-state index contributed by atoms with van der Waals surface area (Å²) in [6, 6.07) is 0.606. The molecule has 2 rings (SSSR count). The standard InChI is InChI=1S/C15H29N3O.ClH/c1-2-10-18(14-6-8-16-9-7-14)13-15(19)17-11-4-3-5-12-17;/h14,16H,2-13H2,1H3;1H. The van der Waals surface area contributed by atoms with E-state index in [1.54, 1.807) is 0 Å². The van der Waals surface area contributed by atoms with Crippen molar-refractivity contribution in [2.24, 2.45) is 0 Å². The summed E-state index contributed by atoms with van der Waals surface area (Å²) in [6.07, 6.45) is 7.17. The van der Waals surface area contributed by atoms with E-state index in [0.717, 1.165) is 39.1 Å². The van der Waals surface area contributed by atoms with Gasteiger partial charge >= 0.3 is 0 Å². The predicted octanol–water partition coefficient (Wildman–Crippen LogP) is 1.88. The van der Waals surface area contributed by atoms with Crippen molar-refractivity contribution in [3.05, 3.63) is 0 Å². The number of hydrogen-bond donors (Lipinski definition) is 1.